The minimum Gasteiger partial charge on any atom is -0.465 e. The Morgan fingerprint density at radius 1 is 0.767 bits per heavy atom. The van der Waals surface area contributed by atoms with Gasteiger partial charge in [0, 0.05) is 0 Å². The number of carbonyl (C=O) groups is 1. The van der Waals surface area contributed by atoms with Crippen LogP contribution in [0.2, 0.25) is 0 Å². The zero-order valence-corrected chi connectivity index (χ0v) is 16.2. The van der Waals surface area contributed by atoms with E-state index in [0.29, 0.717) is 0 Å². The smallest absolute Gasteiger partial charge is 0.416 e. The number of carbonyl (C=O) groups excluding carboxylic acids is 1. The minimum absolute atomic E-state index is 0.0739. The second-order valence-electron chi connectivity index (χ2n) is 6.51. The molecule has 3 aromatic rings. The fourth-order valence-corrected chi connectivity index (χ4v) is 2.95. The van der Waals surface area contributed by atoms with Crippen molar-refractivity contribution < 1.29 is 22.7 Å². The van der Waals surface area contributed by atoms with Gasteiger partial charge < -0.3 is 4.74 Å². The van der Waals surface area contributed by atoms with Gasteiger partial charge in [0.15, 0.2) is 0 Å². The molecule has 30 heavy (non-hydrogen) atoms. The van der Waals surface area contributed by atoms with Gasteiger partial charge in [-0.3, -0.25) is 0 Å². The molecule has 0 saturated carbocycles. The standard InChI is InChI=1S/C25H19F3O2/c1-30-24(29)23-20(14-12-18-8-4-2-5-9-18)16-22(25(26,27)28)17-21(23)15-13-19-10-6-3-7-11-19/h2-17H,1H3/b14-12+,15-13+. The quantitative estimate of drug-likeness (QED) is 0.342. The van der Waals surface area contributed by atoms with E-state index in [1.165, 1.54) is 19.3 Å². The van der Waals surface area contributed by atoms with Crippen molar-refractivity contribution in [3.05, 3.63) is 106 Å². The van der Waals surface area contributed by atoms with Crippen LogP contribution in [0, 0.1) is 0 Å². The normalized spacial score (nSPS) is 11.9. The summed E-state index contributed by atoms with van der Waals surface area (Å²) in [4.78, 5) is 12.5. The first-order valence-corrected chi connectivity index (χ1v) is 9.18. The topological polar surface area (TPSA) is 26.3 Å². The van der Waals surface area contributed by atoms with Crippen molar-refractivity contribution in [2.75, 3.05) is 7.11 Å². The maximum atomic E-state index is 13.5. The zero-order chi connectivity index (χ0) is 21.6. The van der Waals surface area contributed by atoms with Gasteiger partial charge in [-0.2, -0.15) is 13.2 Å². The van der Waals surface area contributed by atoms with Gasteiger partial charge in [-0.05, 0) is 34.4 Å². The fourth-order valence-electron chi connectivity index (χ4n) is 2.95. The summed E-state index contributed by atoms with van der Waals surface area (Å²) in [5.74, 6) is -0.704. The predicted molar refractivity (Wildman–Crippen MR) is 114 cm³/mol. The molecule has 0 saturated heterocycles. The molecule has 0 aliphatic carbocycles. The molecule has 152 valence electrons. The Kier molecular flexibility index (Phi) is 6.52. The lowest BCUT2D eigenvalue weighted by molar-refractivity contribution is -0.137. The lowest BCUT2D eigenvalue weighted by Crippen LogP contribution is -2.11. The molecule has 0 aliphatic rings. The highest BCUT2D eigenvalue weighted by atomic mass is 19.4. The largest absolute Gasteiger partial charge is 0.465 e. The molecular weight excluding hydrogens is 389 g/mol. The lowest BCUT2D eigenvalue weighted by Gasteiger charge is -2.14. The van der Waals surface area contributed by atoms with Crippen LogP contribution in [0.4, 0.5) is 13.2 Å². The van der Waals surface area contributed by atoms with Crippen LogP contribution < -0.4 is 0 Å². The number of hydrogen-bond donors (Lipinski definition) is 0. The monoisotopic (exact) mass is 408 g/mol. The Hall–Kier alpha value is -3.60. The Morgan fingerprint density at radius 2 is 1.20 bits per heavy atom. The SMILES string of the molecule is COC(=O)c1c(/C=C/c2ccccc2)cc(C(F)(F)F)cc1/C=C/c1ccccc1. The van der Waals surface area contributed by atoms with Gasteiger partial charge in [0.2, 0.25) is 0 Å². The van der Waals surface area contributed by atoms with E-state index in [-0.39, 0.29) is 16.7 Å². The molecule has 0 amide bonds. The van der Waals surface area contributed by atoms with E-state index in [4.69, 9.17) is 4.74 Å². The fraction of sp³-hybridized carbons (Fsp3) is 0.0800. The van der Waals surface area contributed by atoms with Gasteiger partial charge >= 0.3 is 12.1 Å². The molecule has 0 N–H and O–H groups in total. The molecule has 0 aromatic heterocycles. The van der Waals surface area contributed by atoms with E-state index in [2.05, 4.69) is 0 Å². The predicted octanol–water partition coefficient (Wildman–Crippen LogP) is 6.83. The summed E-state index contributed by atoms with van der Waals surface area (Å²) < 4.78 is 45.4. The van der Waals surface area contributed by atoms with Crippen molar-refractivity contribution in [2.45, 2.75) is 6.18 Å². The third-order valence-electron chi connectivity index (χ3n) is 4.43. The Labute approximate surface area is 172 Å². The molecule has 0 radical (unpaired) electrons. The van der Waals surface area contributed by atoms with Crippen LogP contribution in [0.15, 0.2) is 72.8 Å². The Morgan fingerprint density at radius 3 is 1.57 bits per heavy atom. The third kappa shape index (κ3) is 5.26. The molecule has 3 rings (SSSR count). The number of rotatable bonds is 5. The van der Waals surface area contributed by atoms with Crippen LogP contribution in [0.3, 0.4) is 0 Å². The van der Waals surface area contributed by atoms with Crippen molar-refractivity contribution >= 4 is 30.3 Å². The summed E-state index contributed by atoms with van der Waals surface area (Å²) in [7, 11) is 1.20. The summed E-state index contributed by atoms with van der Waals surface area (Å²) in [6.45, 7) is 0. The van der Waals surface area contributed by atoms with E-state index in [9.17, 15) is 18.0 Å². The highest BCUT2D eigenvalue weighted by molar-refractivity contribution is 5.99. The van der Waals surface area contributed by atoms with E-state index >= 15 is 0 Å². The summed E-state index contributed by atoms with van der Waals surface area (Å²) in [6, 6.07) is 20.2. The summed E-state index contributed by atoms with van der Waals surface area (Å²) >= 11 is 0. The third-order valence-corrected chi connectivity index (χ3v) is 4.43. The van der Waals surface area contributed by atoms with Crippen LogP contribution in [0.5, 0.6) is 0 Å². The van der Waals surface area contributed by atoms with Gasteiger partial charge in [0.05, 0.1) is 18.2 Å². The lowest BCUT2D eigenvalue weighted by atomic mass is 9.95. The molecule has 0 bridgehead atoms. The van der Waals surface area contributed by atoms with E-state index in [1.54, 1.807) is 12.2 Å². The van der Waals surface area contributed by atoms with E-state index < -0.39 is 17.7 Å². The molecule has 5 heteroatoms. The maximum Gasteiger partial charge on any atom is 0.416 e. The number of benzene rings is 3. The summed E-state index contributed by atoms with van der Waals surface area (Å²) in [5.41, 5.74) is 1.10. The van der Waals surface area contributed by atoms with Gasteiger partial charge in [-0.25, -0.2) is 4.79 Å². The number of methoxy groups -OCH3 is 1. The molecule has 0 unspecified atom stereocenters. The second-order valence-corrected chi connectivity index (χ2v) is 6.51. The number of alkyl halides is 3. The van der Waals surface area contributed by atoms with Crippen molar-refractivity contribution in [3.63, 3.8) is 0 Å². The maximum absolute atomic E-state index is 13.5. The molecule has 2 nitrogen and oxygen atoms in total. The highest BCUT2D eigenvalue weighted by Crippen LogP contribution is 2.34. The molecule has 0 aliphatic heterocycles. The molecule has 0 atom stereocenters. The molecule has 0 fully saturated rings. The van der Waals surface area contributed by atoms with E-state index in [0.717, 1.165) is 23.3 Å². The number of esters is 1. The number of hydrogen-bond acceptors (Lipinski definition) is 2. The molecule has 0 heterocycles. The van der Waals surface area contributed by atoms with Crippen LogP contribution in [0.25, 0.3) is 24.3 Å². The van der Waals surface area contributed by atoms with Gasteiger partial charge in [-0.15, -0.1) is 0 Å². The highest BCUT2D eigenvalue weighted by Gasteiger charge is 2.32. The van der Waals surface area contributed by atoms with Crippen LogP contribution in [-0.4, -0.2) is 13.1 Å². The zero-order valence-electron chi connectivity index (χ0n) is 16.2. The summed E-state index contributed by atoms with van der Waals surface area (Å²) in [6.07, 6.45) is 1.76. The molecule has 0 spiro atoms. The Bertz CT molecular complexity index is 996. The van der Waals surface area contributed by atoms with Crippen molar-refractivity contribution in [2.24, 2.45) is 0 Å². The second kappa shape index (κ2) is 9.27. The summed E-state index contributed by atoms with van der Waals surface area (Å²) in [5, 5.41) is 0. The molecular formula is C25H19F3O2. The number of ether oxygens (including phenoxy) is 1. The first-order valence-electron chi connectivity index (χ1n) is 9.18. The average Bonchev–Trinajstić information content (AvgIpc) is 2.76. The van der Waals surface area contributed by atoms with E-state index in [1.807, 2.05) is 60.7 Å². The van der Waals surface area contributed by atoms with Crippen LogP contribution >= 0.6 is 0 Å². The Balaban J connectivity index is 2.16. The minimum atomic E-state index is -4.56. The first-order chi connectivity index (χ1) is 14.4. The van der Waals surface area contributed by atoms with Gasteiger partial charge in [0.1, 0.15) is 0 Å². The molecule has 3 aromatic carbocycles. The number of halogens is 3. The van der Waals surface area contributed by atoms with Crippen molar-refractivity contribution in [3.8, 4) is 0 Å². The van der Waals surface area contributed by atoms with Crippen molar-refractivity contribution in [1.29, 1.82) is 0 Å². The van der Waals surface area contributed by atoms with Crippen molar-refractivity contribution in [1.82, 2.24) is 0 Å². The van der Waals surface area contributed by atoms with Gasteiger partial charge in [-0.1, -0.05) is 85.0 Å². The van der Waals surface area contributed by atoms with Crippen LogP contribution in [0.1, 0.15) is 38.2 Å². The average molecular weight is 408 g/mol. The van der Waals surface area contributed by atoms with Crippen LogP contribution in [-0.2, 0) is 10.9 Å². The first kappa shape index (κ1) is 21.1. The van der Waals surface area contributed by atoms with Gasteiger partial charge in [0.25, 0.3) is 0 Å².